The van der Waals surface area contributed by atoms with E-state index in [-0.39, 0.29) is 17.0 Å². The van der Waals surface area contributed by atoms with Crippen LogP contribution >= 0.6 is 23.1 Å². The summed E-state index contributed by atoms with van der Waals surface area (Å²) in [4.78, 5) is 17.6. The summed E-state index contributed by atoms with van der Waals surface area (Å²) >= 11 is 2.94. The normalized spacial score (nSPS) is 12.1. The third-order valence-corrected chi connectivity index (χ3v) is 5.40. The number of aromatic nitrogens is 1. The number of carbonyl (C=O) groups is 1. The predicted molar refractivity (Wildman–Crippen MR) is 98.2 cm³/mol. The molecule has 1 N–H and O–H groups in total. The van der Waals surface area contributed by atoms with Gasteiger partial charge in [-0.15, -0.1) is 11.3 Å². The summed E-state index contributed by atoms with van der Waals surface area (Å²) in [7, 11) is 0. The highest BCUT2D eigenvalue weighted by atomic mass is 32.2. The molecule has 0 bridgehead atoms. The van der Waals surface area contributed by atoms with Crippen LogP contribution in [0.1, 0.15) is 11.8 Å². The Morgan fingerprint density at radius 3 is 2.88 bits per heavy atom. The summed E-state index contributed by atoms with van der Waals surface area (Å²) in [6.07, 6.45) is 2.41. The predicted octanol–water partition coefficient (Wildman–Crippen LogP) is 4.38. The highest BCUT2D eigenvalue weighted by Crippen LogP contribution is 2.28. The van der Waals surface area contributed by atoms with E-state index in [0.717, 1.165) is 12.0 Å². The van der Waals surface area contributed by atoms with Crippen LogP contribution in [0, 0.1) is 5.82 Å². The maximum atomic E-state index is 13.0. The molecule has 0 aliphatic rings. The first-order chi connectivity index (χ1) is 12.1. The van der Waals surface area contributed by atoms with Crippen molar-refractivity contribution in [3.8, 4) is 11.3 Å². The van der Waals surface area contributed by atoms with E-state index in [4.69, 9.17) is 4.42 Å². The zero-order chi connectivity index (χ0) is 17.6. The molecule has 1 unspecified atom stereocenters. The Morgan fingerprint density at radius 1 is 1.36 bits per heavy atom. The summed E-state index contributed by atoms with van der Waals surface area (Å²) in [5, 5.41) is 5.05. The van der Waals surface area contributed by atoms with E-state index >= 15 is 0 Å². The SMILES string of the molecule is CC(Sc1ncc(-c2ccc(F)cc2)o1)C(=O)NCCc1cccs1. The third-order valence-electron chi connectivity index (χ3n) is 3.51. The molecule has 25 heavy (non-hydrogen) atoms. The smallest absolute Gasteiger partial charge is 0.256 e. The summed E-state index contributed by atoms with van der Waals surface area (Å²) in [5.74, 6) is 0.196. The van der Waals surface area contributed by atoms with E-state index in [1.165, 1.54) is 28.8 Å². The molecule has 7 heteroatoms. The zero-order valence-electron chi connectivity index (χ0n) is 13.6. The Bertz CT molecular complexity index is 816. The third kappa shape index (κ3) is 4.93. The maximum Gasteiger partial charge on any atom is 0.256 e. The molecule has 3 aromatic rings. The fourth-order valence-corrected chi connectivity index (χ4v) is 3.63. The van der Waals surface area contributed by atoms with E-state index in [0.29, 0.717) is 17.5 Å². The van der Waals surface area contributed by atoms with Gasteiger partial charge < -0.3 is 9.73 Å². The van der Waals surface area contributed by atoms with Crippen molar-refractivity contribution in [2.45, 2.75) is 23.8 Å². The van der Waals surface area contributed by atoms with E-state index in [2.05, 4.69) is 16.4 Å². The Balaban J connectivity index is 1.51. The van der Waals surface area contributed by atoms with Crippen LogP contribution in [0.15, 0.2) is 57.6 Å². The molecule has 0 aliphatic carbocycles. The maximum absolute atomic E-state index is 13.0. The molecule has 4 nitrogen and oxygen atoms in total. The summed E-state index contributed by atoms with van der Waals surface area (Å²) in [6, 6.07) is 10.1. The zero-order valence-corrected chi connectivity index (χ0v) is 15.2. The van der Waals surface area contributed by atoms with E-state index in [9.17, 15) is 9.18 Å². The largest absolute Gasteiger partial charge is 0.431 e. The molecule has 3 rings (SSSR count). The molecule has 0 saturated carbocycles. The number of amides is 1. The van der Waals surface area contributed by atoms with Crippen molar-refractivity contribution in [2.75, 3.05) is 6.54 Å². The summed E-state index contributed by atoms with van der Waals surface area (Å²) < 4.78 is 18.6. The van der Waals surface area contributed by atoms with Gasteiger partial charge in [0.2, 0.25) is 5.91 Å². The lowest BCUT2D eigenvalue weighted by Crippen LogP contribution is -2.32. The molecule has 130 valence electrons. The first kappa shape index (κ1) is 17.7. The van der Waals surface area contributed by atoms with Gasteiger partial charge in [0.25, 0.3) is 5.22 Å². The number of halogens is 1. The molecule has 1 amide bonds. The molecule has 0 saturated heterocycles. The van der Waals surface area contributed by atoms with Gasteiger partial charge in [-0.25, -0.2) is 9.37 Å². The van der Waals surface area contributed by atoms with Gasteiger partial charge in [-0.2, -0.15) is 0 Å². The average Bonchev–Trinajstić information content (AvgIpc) is 3.27. The van der Waals surface area contributed by atoms with Crippen molar-refractivity contribution in [1.82, 2.24) is 10.3 Å². The van der Waals surface area contributed by atoms with Crippen LogP contribution in [0.3, 0.4) is 0 Å². The minimum atomic E-state index is -0.317. The molecule has 1 atom stereocenters. The van der Waals surface area contributed by atoms with Crippen LogP contribution in [-0.4, -0.2) is 22.7 Å². The van der Waals surface area contributed by atoms with Gasteiger partial charge in [0.05, 0.1) is 11.4 Å². The average molecular weight is 376 g/mol. The topological polar surface area (TPSA) is 55.1 Å². The Morgan fingerprint density at radius 2 is 2.16 bits per heavy atom. The molecule has 0 spiro atoms. The summed E-state index contributed by atoms with van der Waals surface area (Å²) in [6.45, 7) is 2.42. The van der Waals surface area contributed by atoms with E-state index < -0.39 is 0 Å². The Hall–Kier alpha value is -2.12. The van der Waals surface area contributed by atoms with Crippen molar-refractivity contribution >= 4 is 29.0 Å². The molecule has 0 fully saturated rings. The minimum absolute atomic E-state index is 0.0527. The number of nitrogens with zero attached hydrogens (tertiary/aromatic N) is 1. The molecule has 1 aromatic carbocycles. The van der Waals surface area contributed by atoms with Gasteiger partial charge in [0.1, 0.15) is 5.82 Å². The number of hydrogen-bond acceptors (Lipinski definition) is 5. The fourth-order valence-electron chi connectivity index (χ4n) is 2.17. The summed E-state index contributed by atoms with van der Waals surface area (Å²) in [5.41, 5.74) is 0.744. The number of benzene rings is 1. The lowest BCUT2D eigenvalue weighted by Gasteiger charge is -2.09. The van der Waals surface area contributed by atoms with E-state index in [1.807, 2.05) is 18.4 Å². The Labute approximate surface area is 153 Å². The number of thiophene rings is 1. The van der Waals surface area contributed by atoms with Gasteiger partial charge in [-0.1, -0.05) is 17.8 Å². The van der Waals surface area contributed by atoms with Gasteiger partial charge in [0.15, 0.2) is 5.76 Å². The second kappa shape index (κ2) is 8.31. The van der Waals surface area contributed by atoms with Crippen molar-refractivity contribution < 1.29 is 13.6 Å². The van der Waals surface area contributed by atoms with Crippen LogP contribution in [0.2, 0.25) is 0 Å². The number of oxazole rings is 1. The number of thioether (sulfide) groups is 1. The van der Waals surface area contributed by atoms with Gasteiger partial charge in [0, 0.05) is 17.0 Å². The first-order valence-corrected chi connectivity index (χ1v) is 9.56. The van der Waals surface area contributed by atoms with Crippen LogP contribution < -0.4 is 5.32 Å². The van der Waals surface area contributed by atoms with Crippen molar-refractivity contribution in [3.05, 3.63) is 58.7 Å². The van der Waals surface area contributed by atoms with Crippen LogP contribution in [-0.2, 0) is 11.2 Å². The number of carbonyl (C=O) groups excluding carboxylic acids is 1. The van der Waals surface area contributed by atoms with Gasteiger partial charge in [-0.3, -0.25) is 4.79 Å². The second-order valence-electron chi connectivity index (χ2n) is 5.38. The molecular weight excluding hydrogens is 359 g/mol. The van der Waals surface area contributed by atoms with Crippen molar-refractivity contribution in [2.24, 2.45) is 0 Å². The lowest BCUT2D eigenvalue weighted by molar-refractivity contribution is -0.120. The highest BCUT2D eigenvalue weighted by molar-refractivity contribution is 8.00. The lowest BCUT2D eigenvalue weighted by atomic mass is 10.2. The quantitative estimate of drug-likeness (QED) is 0.622. The number of hydrogen-bond donors (Lipinski definition) is 1. The highest BCUT2D eigenvalue weighted by Gasteiger charge is 2.17. The molecule has 0 aliphatic heterocycles. The number of rotatable bonds is 7. The van der Waals surface area contributed by atoms with Gasteiger partial charge >= 0.3 is 0 Å². The van der Waals surface area contributed by atoms with Crippen LogP contribution in [0.4, 0.5) is 4.39 Å². The van der Waals surface area contributed by atoms with Crippen molar-refractivity contribution in [1.29, 1.82) is 0 Å². The monoisotopic (exact) mass is 376 g/mol. The molecule has 2 aromatic heterocycles. The standard InChI is InChI=1S/C18H17FN2O2S2/c1-12(17(22)20-9-8-15-3-2-10-24-15)25-18-21-11-16(23-18)13-4-6-14(19)7-5-13/h2-7,10-12H,8-9H2,1H3,(H,20,22). The molecule has 0 radical (unpaired) electrons. The van der Waals surface area contributed by atoms with Crippen molar-refractivity contribution in [3.63, 3.8) is 0 Å². The first-order valence-electron chi connectivity index (χ1n) is 7.80. The van der Waals surface area contributed by atoms with E-state index in [1.54, 1.807) is 29.7 Å². The van der Waals surface area contributed by atoms with Gasteiger partial charge in [-0.05, 0) is 49.1 Å². The second-order valence-corrected chi connectivity index (χ2v) is 7.70. The number of nitrogens with one attached hydrogen (secondary N) is 1. The Kier molecular flexibility index (Phi) is 5.88. The van der Waals surface area contributed by atoms with Crippen LogP contribution in [0.5, 0.6) is 0 Å². The molecular formula is C18H17FN2O2S2. The molecule has 2 heterocycles. The van der Waals surface area contributed by atoms with Crippen LogP contribution in [0.25, 0.3) is 11.3 Å². The minimum Gasteiger partial charge on any atom is -0.431 e. The fraction of sp³-hybridized carbons (Fsp3) is 0.222.